The van der Waals surface area contributed by atoms with Crippen molar-refractivity contribution in [3.05, 3.63) is 65.7 Å². The molecule has 0 N–H and O–H groups in total. The summed E-state index contributed by atoms with van der Waals surface area (Å²) >= 11 is 3.70. The lowest BCUT2D eigenvalue weighted by molar-refractivity contribution is -0.131. The van der Waals surface area contributed by atoms with Crippen LogP contribution in [0.3, 0.4) is 0 Å². The number of alkyl halides is 1. The fraction of sp³-hybridized carbons (Fsp3) is 0.350. The number of carbonyl (C=O) groups excluding carboxylic acids is 1. The summed E-state index contributed by atoms with van der Waals surface area (Å²) in [5.41, 5.74) is 1.22. The van der Waals surface area contributed by atoms with Gasteiger partial charge in [0.05, 0.1) is 10.3 Å². The van der Waals surface area contributed by atoms with Crippen LogP contribution in [-0.4, -0.2) is 25.2 Å². The van der Waals surface area contributed by atoms with E-state index in [1.54, 1.807) is 24.3 Å². The SMILES string of the molecule is Cc1ccc(S(=O)(=O)N2CC(C(Br)c3ccccc3)C(C)(C)C2=O)cc1. The molecule has 0 aliphatic carbocycles. The van der Waals surface area contributed by atoms with Crippen LogP contribution in [0.15, 0.2) is 59.5 Å². The van der Waals surface area contributed by atoms with E-state index in [0.29, 0.717) is 0 Å². The summed E-state index contributed by atoms with van der Waals surface area (Å²) in [4.78, 5) is 13.0. The molecule has 4 nitrogen and oxygen atoms in total. The molecule has 1 amide bonds. The molecule has 26 heavy (non-hydrogen) atoms. The van der Waals surface area contributed by atoms with E-state index in [0.717, 1.165) is 15.4 Å². The number of sulfonamides is 1. The molecule has 3 rings (SSSR count). The van der Waals surface area contributed by atoms with Crippen molar-refractivity contribution < 1.29 is 13.2 Å². The third-order valence-electron chi connectivity index (χ3n) is 5.15. The number of hydrogen-bond acceptors (Lipinski definition) is 3. The highest BCUT2D eigenvalue weighted by Crippen LogP contribution is 2.48. The van der Waals surface area contributed by atoms with Crippen LogP contribution in [0, 0.1) is 18.3 Å². The predicted molar refractivity (Wildman–Crippen MR) is 105 cm³/mol. The number of amides is 1. The highest BCUT2D eigenvalue weighted by Gasteiger charge is 2.53. The van der Waals surface area contributed by atoms with Gasteiger partial charge in [-0.3, -0.25) is 4.79 Å². The largest absolute Gasteiger partial charge is 0.273 e. The second-order valence-electron chi connectivity index (χ2n) is 7.29. The van der Waals surface area contributed by atoms with Gasteiger partial charge in [-0.1, -0.05) is 77.8 Å². The molecule has 1 aliphatic rings. The van der Waals surface area contributed by atoms with E-state index in [2.05, 4.69) is 15.9 Å². The zero-order chi connectivity index (χ0) is 19.1. The Morgan fingerprint density at radius 2 is 1.65 bits per heavy atom. The fourth-order valence-corrected chi connectivity index (χ4v) is 6.02. The van der Waals surface area contributed by atoms with E-state index < -0.39 is 15.4 Å². The zero-order valence-electron chi connectivity index (χ0n) is 15.0. The van der Waals surface area contributed by atoms with E-state index in [-0.39, 0.29) is 28.1 Å². The lowest BCUT2D eigenvalue weighted by Crippen LogP contribution is -2.36. The van der Waals surface area contributed by atoms with Crippen molar-refractivity contribution >= 4 is 31.9 Å². The quantitative estimate of drug-likeness (QED) is 0.672. The Bertz CT molecular complexity index is 908. The molecule has 0 bridgehead atoms. The Morgan fingerprint density at radius 1 is 1.08 bits per heavy atom. The Morgan fingerprint density at radius 3 is 2.23 bits per heavy atom. The third-order valence-corrected chi connectivity index (χ3v) is 8.08. The molecule has 1 heterocycles. The van der Waals surface area contributed by atoms with Gasteiger partial charge in [-0.15, -0.1) is 0 Å². The molecule has 1 aliphatic heterocycles. The molecule has 0 radical (unpaired) electrons. The first-order chi connectivity index (χ1) is 12.2. The second-order valence-corrected chi connectivity index (χ2v) is 10.1. The first-order valence-corrected chi connectivity index (χ1v) is 10.8. The number of benzene rings is 2. The monoisotopic (exact) mass is 435 g/mol. The number of carbonyl (C=O) groups is 1. The van der Waals surface area contributed by atoms with Gasteiger partial charge in [-0.05, 0) is 24.6 Å². The van der Waals surface area contributed by atoms with Gasteiger partial charge in [0.1, 0.15) is 0 Å². The maximum Gasteiger partial charge on any atom is 0.266 e. The average molecular weight is 436 g/mol. The standard InChI is InChI=1S/C20H22BrNO3S/c1-14-9-11-16(12-10-14)26(24,25)22-13-17(20(2,3)19(22)23)18(21)15-7-5-4-6-8-15/h4-12,17-18H,13H2,1-3H3. The minimum atomic E-state index is -3.86. The fourth-order valence-electron chi connectivity index (χ4n) is 3.34. The maximum absolute atomic E-state index is 13.0. The van der Waals surface area contributed by atoms with Crippen molar-refractivity contribution in [1.29, 1.82) is 0 Å². The van der Waals surface area contributed by atoms with Crippen molar-refractivity contribution in [1.82, 2.24) is 4.31 Å². The number of halogens is 1. The highest BCUT2D eigenvalue weighted by molar-refractivity contribution is 9.09. The van der Waals surface area contributed by atoms with E-state index in [1.165, 1.54) is 0 Å². The van der Waals surface area contributed by atoms with Gasteiger partial charge in [0.25, 0.3) is 10.0 Å². The van der Waals surface area contributed by atoms with Gasteiger partial charge in [0, 0.05) is 17.3 Å². The molecule has 138 valence electrons. The van der Waals surface area contributed by atoms with E-state index in [1.807, 2.05) is 51.1 Å². The van der Waals surface area contributed by atoms with Crippen LogP contribution in [0.5, 0.6) is 0 Å². The molecule has 0 saturated carbocycles. The van der Waals surface area contributed by atoms with Crippen LogP contribution in [0.1, 0.15) is 29.8 Å². The summed E-state index contributed by atoms with van der Waals surface area (Å²) in [5.74, 6) is -0.527. The van der Waals surface area contributed by atoms with Gasteiger partial charge < -0.3 is 0 Å². The van der Waals surface area contributed by atoms with Crippen molar-refractivity contribution in [3.8, 4) is 0 Å². The molecular weight excluding hydrogens is 414 g/mol. The van der Waals surface area contributed by atoms with Gasteiger partial charge in [-0.2, -0.15) is 0 Å². The van der Waals surface area contributed by atoms with E-state index >= 15 is 0 Å². The topological polar surface area (TPSA) is 54.5 Å². The molecule has 2 atom stereocenters. The first kappa shape index (κ1) is 19.1. The number of aryl methyl sites for hydroxylation is 1. The van der Waals surface area contributed by atoms with Crippen LogP contribution in [0.25, 0.3) is 0 Å². The lowest BCUT2D eigenvalue weighted by Gasteiger charge is -2.27. The average Bonchev–Trinajstić information content (AvgIpc) is 2.86. The predicted octanol–water partition coefficient (Wildman–Crippen LogP) is 4.30. The molecular formula is C20H22BrNO3S. The first-order valence-electron chi connectivity index (χ1n) is 8.48. The van der Waals surface area contributed by atoms with Crippen molar-refractivity contribution in [2.24, 2.45) is 11.3 Å². The molecule has 2 unspecified atom stereocenters. The summed E-state index contributed by atoms with van der Waals surface area (Å²) in [7, 11) is -3.86. The maximum atomic E-state index is 13.0. The Labute approximate surface area is 163 Å². The molecule has 0 spiro atoms. The molecule has 6 heteroatoms. The highest BCUT2D eigenvalue weighted by atomic mass is 79.9. The van der Waals surface area contributed by atoms with Crippen LogP contribution in [0.4, 0.5) is 0 Å². The van der Waals surface area contributed by atoms with Crippen LogP contribution in [-0.2, 0) is 14.8 Å². The van der Waals surface area contributed by atoms with Crippen molar-refractivity contribution in [3.63, 3.8) is 0 Å². The van der Waals surface area contributed by atoms with Crippen LogP contribution in [0.2, 0.25) is 0 Å². The summed E-state index contributed by atoms with van der Waals surface area (Å²) in [6, 6.07) is 16.4. The number of rotatable bonds is 4. The van der Waals surface area contributed by atoms with Gasteiger partial charge in [0.2, 0.25) is 5.91 Å². The van der Waals surface area contributed by atoms with Crippen LogP contribution < -0.4 is 0 Å². The van der Waals surface area contributed by atoms with Crippen LogP contribution >= 0.6 is 15.9 Å². The van der Waals surface area contributed by atoms with Crippen molar-refractivity contribution in [2.75, 3.05) is 6.54 Å². The van der Waals surface area contributed by atoms with Gasteiger partial charge in [-0.25, -0.2) is 12.7 Å². The Kier molecular flexibility index (Phi) is 5.01. The second kappa shape index (κ2) is 6.82. The zero-order valence-corrected chi connectivity index (χ0v) is 17.4. The minimum absolute atomic E-state index is 0.110. The number of nitrogens with zero attached hydrogens (tertiary/aromatic N) is 1. The molecule has 2 aromatic rings. The van der Waals surface area contributed by atoms with E-state index in [4.69, 9.17) is 0 Å². The summed E-state index contributed by atoms with van der Waals surface area (Å²) in [6.07, 6.45) is 0. The van der Waals surface area contributed by atoms with Gasteiger partial charge >= 0.3 is 0 Å². The number of hydrogen-bond donors (Lipinski definition) is 0. The minimum Gasteiger partial charge on any atom is -0.273 e. The Balaban J connectivity index is 1.96. The van der Waals surface area contributed by atoms with E-state index in [9.17, 15) is 13.2 Å². The lowest BCUT2D eigenvalue weighted by atomic mass is 9.78. The molecule has 1 fully saturated rings. The third kappa shape index (κ3) is 3.21. The molecule has 2 aromatic carbocycles. The molecule has 0 aromatic heterocycles. The Hall–Kier alpha value is -1.66. The van der Waals surface area contributed by atoms with Crippen molar-refractivity contribution in [2.45, 2.75) is 30.5 Å². The summed E-state index contributed by atoms with van der Waals surface area (Å²) in [6.45, 7) is 5.70. The smallest absolute Gasteiger partial charge is 0.266 e. The summed E-state index contributed by atoms with van der Waals surface area (Å²) in [5, 5.41) is 0. The molecule has 1 saturated heterocycles. The normalized spacial score (nSPS) is 21.0. The summed E-state index contributed by atoms with van der Waals surface area (Å²) < 4.78 is 27.1. The van der Waals surface area contributed by atoms with Gasteiger partial charge in [0.15, 0.2) is 0 Å².